The maximum absolute atomic E-state index is 12.0. The smallest absolute Gasteiger partial charge is 0.317 e. The third-order valence-electron chi connectivity index (χ3n) is 4.38. The largest absolute Gasteiger partial charge is 0.492 e. The number of fused-ring (bicyclic) bond motifs is 1. The van der Waals surface area contributed by atoms with Gasteiger partial charge in [-0.2, -0.15) is 4.98 Å². The molecule has 0 saturated heterocycles. The normalized spacial score (nSPS) is 11.8. The summed E-state index contributed by atoms with van der Waals surface area (Å²) in [6.45, 7) is 9.01. The summed E-state index contributed by atoms with van der Waals surface area (Å²) in [7, 11) is 1.28. The zero-order chi connectivity index (χ0) is 19.2. The molecule has 3 aromatic rings. The molecule has 0 fully saturated rings. The number of hydrogen-bond donors (Lipinski definition) is 1. The molecule has 0 aliphatic rings. The monoisotopic (exact) mass is 355 g/mol. The SMILES string of the molecule is COC(=O)C(C)(C)c1nnc(-c2c(C)nc3c(C)cc(C)cn23)nc1O. The highest BCUT2D eigenvalue weighted by molar-refractivity contribution is 5.82. The van der Waals surface area contributed by atoms with Crippen molar-refractivity contribution < 1.29 is 14.6 Å². The lowest BCUT2D eigenvalue weighted by molar-refractivity contribution is -0.146. The number of aromatic nitrogens is 5. The number of esters is 1. The highest BCUT2D eigenvalue weighted by atomic mass is 16.5. The number of pyridine rings is 1. The molecule has 3 aromatic heterocycles. The molecule has 0 unspecified atom stereocenters. The standard InChI is InChI=1S/C18H21N5O3/c1-9-7-10(2)15-19-11(3)12(23(15)8-9)14-20-16(24)13(21-22-14)18(4,5)17(25)26-6/h7-8H,1-6H3,(H,20,22,24). The van der Waals surface area contributed by atoms with Crippen LogP contribution < -0.4 is 0 Å². The third kappa shape index (κ3) is 2.67. The molecule has 0 atom stereocenters. The van der Waals surface area contributed by atoms with Gasteiger partial charge in [-0.25, -0.2) is 4.98 Å². The summed E-state index contributed by atoms with van der Waals surface area (Å²) in [4.78, 5) is 20.7. The minimum Gasteiger partial charge on any atom is -0.492 e. The van der Waals surface area contributed by atoms with Gasteiger partial charge in [0, 0.05) is 6.20 Å². The lowest BCUT2D eigenvalue weighted by atomic mass is 9.89. The van der Waals surface area contributed by atoms with Crippen molar-refractivity contribution in [3.63, 3.8) is 0 Å². The zero-order valence-electron chi connectivity index (χ0n) is 15.7. The predicted octanol–water partition coefficient (Wildman–Crippen LogP) is 2.27. The molecule has 0 saturated carbocycles. The quantitative estimate of drug-likeness (QED) is 0.719. The number of aromatic hydroxyl groups is 1. The van der Waals surface area contributed by atoms with E-state index >= 15 is 0 Å². The van der Waals surface area contributed by atoms with Crippen LogP contribution in [-0.2, 0) is 14.9 Å². The van der Waals surface area contributed by atoms with E-state index < -0.39 is 11.4 Å². The zero-order valence-corrected chi connectivity index (χ0v) is 15.7. The van der Waals surface area contributed by atoms with Crippen LogP contribution in [0.15, 0.2) is 12.3 Å². The van der Waals surface area contributed by atoms with E-state index in [4.69, 9.17) is 4.74 Å². The average molecular weight is 355 g/mol. The minimum absolute atomic E-state index is 0.0620. The Balaban J connectivity index is 2.18. The molecule has 3 heterocycles. The molecule has 0 amide bonds. The minimum atomic E-state index is -1.17. The van der Waals surface area contributed by atoms with Gasteiger partial charge in [-0.05, 0) is 45.7 Å². The summed E-state index contributed by atoms with van der Waals surface area (Å²) in [6.07, 6.45) is 1.93. The molecule has 0 aliphatic heterocycles. The fraction of sp³-hybridized carbons (Fsp3) is 0.389. The highest BCUT2D eigenvalue weighted by Gasteiger charge is 2.37. The van der Waals surface area contributed by atoms with Crippen LogP contribution in [0, 0.1) is 20.8 Å². The Morgan fingerprint density at radius 1 is 1.19 bits per heavy atom. The van der Waals surface area contributed by atoms with Crippen molar-refractivity contribution in [2.45, 2.75) is 40.0 Å². The van der Waals surface area contributed by atoms with Gasteiger partial charge in [0.05, 0.1) is 12.8 Å². The van der Waals surface area contributed by atoms with E-state index in [1.807, 2.05) is 37.4 Å². The van der Waals surface area contributed by atoms with Crippen molar-refractivity contribution in [3.05, 3.63) is 34.8 Å². The summed E-state index contributed by atoms with van der Waals surface area (Å²) < 4.78 is 6.66. The van der Waals surface area contributed by atoms with E-state index in [1.165, 1.54) is 7.11 Å². The van der Waals surface area contributed by atoms with Crippen molar-refractivity contribution in [2.75, 3.05) is 7.11 Å². The van der Waals surface area contributed by atoms with Gasteiger partial charge in [-0.3, -0.25) is 9.20 Å². The predicted molar refractivity (Wildman–Crippen MR) is 94.9 cm³/mol. The summed E-state index contributed by atoms with van der Waals surface area (Å²) in [6, 6.07) is 2.05. The lowest BCUT2D eigenvalue weighted by Gasteiger charge is -2.20. The third-order valence-corrected chi connectivity index (χ3v) is 4.38. The molecule has 0 aromatic carbocycles. The number of imidazole rings is 1. The summed E-state index contributed by atoms with van der Waals surface area (Å²) in [5, 5.41) is 18.6. The van der Waals surface area contributed by atoms with Gasteiger partial charge >= 0.3 is 5.97 Å². The molecule has 0 spiro atoms. The van der Waals surface area contributed by atoms with Crippen LogP contribution in [-0.4, -0.2) is 42.8 Å². The van der Waals surface area contributed by atoms with Gasteiger partial charge in [0.15, 0.2) is 0 Å². The second-order valence-electron chi connectivity index (χ2n) is 6.86. The van der Waals surface area contributed by atoms with Gasteiger partial charge in [-0.1, -0.05) is 6.07 Å². The van der Waals surface area contributed by atoms with Gasteiger partial charge in [-0.15, -0.1) is 10.2 Å². The average Bonchev–Trinajstić information content (AvgIpc) is 2.90. The van der Waals surface area contributed by atoms with Crippen molar-refractivity contribution >= 4 is 11.6 Å². The Morgan fingerprint density at radius 3 is 2.50 bits per heavy atom. The number of rotatable bonds is 3. The molecule has 0 radical (unpaired) electrons. The number of ether oxygens (including phenoxy) is 1. The Labute approximate surface area is 150 Å². The van der Waals surface area contributed by atoms with Crippen molar-refractivity contribution in [3.8, 4) is 17.4 Å². The van der Waals surface area contributed by atoms with Crippen molar-refractivity contribution in [2.24, 2.45) is 0 Å². The van der Waals surface area contributed by atoms with Crippen LogP contribution in [0.1, 0.15) is 36.4 Å². The van der Waals surface area contributed by atoms with Crippen LogP contribution in [0.4, 0.5) is 0 Å². The van der Waals surface area contributed by atoms with Gasteiger partial charge < -0.3 is 9.84 Å². The van der Waals surface area contributed by atoms with Crippen molar-refractivity contribution in [1.82, 2.24) is 24.6 Å². The molecule has 0 bridgehead atoms. The summed E-state index contributed by atoms with van der Waals surface area (Å²) >= 11 is 0. The number of hydrogen-bond acceptors (Lipinski definition) is 7. The Hall–Kier alpha value is -3.03. The van der Waals surface area contributed by atoms with Crippen LogP contribution in [0.5, 0.6) is 5.88 Å². The maximum Gasteiger partial charge on any atom is 0.317 e. The molecule has 136 valence electrons. The number of aryl methyl sites for hydroxylation is 3. The molecule has 0 aliphatic carbocycles. The first kappa shape index (κ1) is 17.8. The van der Waals surface area contributed by atoms with E-state index in [0.717, 1.165) is 22.5 Å². The van der Waals surface area contributed by atoms with Gasteiger partial charge in [0.2, 0.25) is 11.7 Å². The maximum atomic E-state index is 12.0. The first-order chi connectivity index (χ1) is 12.2. The first-order valence-corrected chi connectivity index (χ1v) is 8.15. The Bertz CT molecular complexity index is 1020. The molecular weight excluding hydrogens is 334 g/mol. The van der Waals surface area contributed by atoms with Crippen LogP contribution in [0.25, 0.3) is 17.2 Å². The summed E-state index contributed by atoms with van der Waals surface area (Å²) in [5.74, 6) is -0.653. The second-order valence-corrected chi connectivity index (χ2v) is 6.86. The van der Waals surface area contributed by atoms with Crippen LogP contribution in [0.3, 0.4) is 0 Å². The Kier molecular flexibility index (Phi) is 4.14. The van der Waals surface area contributed by atoms with E-state index in [1.54, 1.807) is 13.8 Å². The molecule has 26 heavy (non-hydrogen) atoms. The topological polar surface area (TPSA) is 102 Å². The summed E-state index contributed by atoms with van der Waals surface area (Å²) in [5.41, 5.74) is 3.15. The fourth-order valence-corrected chi connectivity index (χ4v) is 3.04. The van der Waals surface area contributed by atoms with Crippen LogP contribution >= 0.6 is 0 Å². The first-order valence-electron chi connectivity index (χ1n) is 8.15. The second kappa shape index (κ2) is 6.05. The van der Waals surface area contributed by atoms with Crippen molar-refractivity contribution in [1.29, 1.82) is 0 Å². The molecule has 3 rings (SSSR count). The number of carbonyl (C=O) groups is 1. The Morgan fingerprint density at radius 2 is 1.88 bits per heavy atom. The van der Waals surface area contributed by atoms with Gasteiger partial charge in [0.1, 0.15) is 22.5 Å². The molecule has 1 N–H and O–H groups in total. The van der Waals surface area contributed by atoms with E-state index in [2.05, 4.69) is 20.2 Å². The molecular formula is C18H21N5O3. The lowest BCUT2D eigenvalue weighted by Crippen LogP contribution is -2.32. The van der Waals surface area contributed by atoms with E-state index in [-0.39, 0.29) is 17.4 Å². The molecule has 8 heteroatoms. The number of nitrogens with zero attached hydrogens (tertiary/aromatic N) is 5. The fourth-order valence-electron chi connectivity index (χ4n) is 3.04. The highest BCUT2D eigenvalue weighted by Crippen LogP contribution is 2.31. The molecule has 8 nitrogen and oxygen atoms in total. The number of carbonyl (C=O) groups excluding carboxylic acids is 1. The van der Waals surface area contributed by atoms with Gasteiger partial charge in [0.25, 0.3) is 0 Å². The van der Waals surface area contributed by atoms with E-state index in [0.29, 0.717) is 5.69 Å². The number of methoxy groups -OCH3 is 1. The van der Waals surface area contributed by atoms with Crippen LogP contribution in [0.2, 0.25) is 0 Å². The van der Waals surface area contributed by atoms with E-state index in [9.17, 15) is 9.90 Å².